The summed E-state index contributed by atoms with van der Waals surface area (Å²) < 4.78 is 18.6. The van der Waals surface area contributed by atoms with Crippen LogP contribution in [0.25, 0.3) is 0 Å². The van der Waals surface area contributed by atoms with Crippen LogP contribution in [0.2, 0.25) is 0 Å². The normalized spacial score (nSPS) is 12.4. The Morgan fingerprint density at radius 3 is 2.23 bits per heavy atom. The van der Waals surface area contributed by atoms with Gasteiger partial charge < -0.3 is 9.64 Å². The summed E-state index contributed by atoms with van der Waals surface area (Å²) in [7, 11) is 0. The van der Waals surface area contributed by atoms with E-state index in [0.717, 1.165) is 18.2 Å². The second kappa shape index (κ2) is 7.20. The highest BCUT2D eigenvalue weighted by Gasteiger charge is 2.28. The highest BCUT2D eigenvalue weighted by molar-refractivity contribution is 5.81. The molecule has 0 aliphatic rings. The van der Waals surface area contributed by atoms with E-state index in [1.165, 1.54) is 6.92 Å². The van der Waals surface area contributed by atoms with Crippen molar-refractivity contribution >= 4 is 11.6 Å². The summed E-state index contributed by atoms with van der Waals surface area (Å²) >= 11 is 0. The lowest BCUT2D eigenvalue weighted by Crippen LogP contribution is -2.48. The number of nitro benzene ring substituents is 1. The topological polar surface area (TPSA) is 72.7 Å². The van der Waals surface area contributed by atoms with Gasteiger partial charge in [0, 0.05) is 24.2 Å². The first-order valence-corrected chi connectivity index (χ1v) is 7.08. The minimum Gasteiger partial charge on any atom is -0.474 e. The third-order valence-corrected chi connectivity index (χ3v) is 3.14. The molecule has 1 rings (SSSR count). The summed E-state index contributed by atoms with van der Waals surface area (Å²) in [6.45, 7) is 8.98. The smallest absolute Gasteiger partial charge is 0.311 e. The quantitative estimate of drug-likeness (QED) is 0.597. The van der Waals surface area contributed by atoms with E-state index in [-0.39, 0.29) is 29.4 Å². The second-order valence-electron chi connectivity index (χ2n) is 5.56. The molecular formula is C15H21FN2O4. The van der Waals surface area contributed by atoms with E-state index in [4.69, 9.17) is 4.74 Å². The molecule has 1 atom stereocenters. The molecule has 0 aliphatic heterocycles. The van der Waals surface area contributed by atoms with Crippen molar-refractivity contribution in [3.05, 3.63) is 34.1 Å². The maximum Gasteiger partial charge on any atom is 0.311 e. The molecule has 1 unspecified atom stereocenters. The molecule has 0 saturated heterocycles. The monoisotopic (exact) mass is 312 g/mol. The number of ether oxygens (including phenoxy) is 1. The zero-order chi connectivity index (χ0) is 17.0. The van der Waals surface area contributed by atoms with Gasteiger partial charge in [0.15, 0.2) is 6.10 Å². The molecule has 0 aromatic heterocycles. The summed E-state index contributed by atoms with van der Waals surface area (Å²) in [5.74, 6) is -1.22. The molecule has 0 N–H and O–H groups in total. The van der Waals surface area contributed by atoms with Gasteiger partial charge in [0.2, 0.25) is 5.75 Å². The van der Waals surface area contributed by atoms with Crippen molar-refractivity contribution < 1.29 is 18.8 Å². The van der Waals surface area contributed by atoms with E-state index in [0.29, 0.717) is 0 Å². The molecule has 22 heavy (non-hydrogen) atoms. The molecule has 0 bridgehead atoms. The van der Waals surface area contributed by atoms with E-state index in [1.807, 2.05) is 27.7 Å². The molecule has 0 heterocycles. The number of carbonyl (C=O) groups is 1. The standard InChI is InChI=1S/C15H21FN2O4/c1-9(2)17(10(3)4)15(19)11(5)22-14-8-12(16)6-7-13(14)18(20)21/h6-11H,1-5H3. The predicted octanol–water partition coefficient (Wildman–Crippen LogP) is 3.15. The molecule has 1 aromatic rings. The Hall–Kier alpha value is -2.18. The van der Waals surface area contributed by atoms with E-state index < -0.39 is 16.8 Å². The number of hydrogen-bond acceptors (Lipinski definition) is 4. The van der Waals surface area contributed by atoms with Crippen LogP contribution in [-0.2, 0) is 4.79 Å². The average molecular weight is 312 g/mol. The Bertz CT molecular complexity index is 552. The van der Waals surface area contributed by atoms with E-state index in [1.54, 1.807) is 4.90 Å². The van der Waals surface area contributed by atoms with Gasteiger partial charge in [-0.25, -0.2) is 4.39 Å². The fourth-order valence-electron chi connectivity index (χ4n) is 2.29. The molecule has 122 valence electrons. The van der Waals surface area contributed by atoms with Crippen LogP contribution in [0.15, 0.2) is 18.2 Å². The SMILES string of the molecule is CC(Oc1cc(F)ccc1[N+](=O)[O-])C(=O)N(C(C)C)C(C)C. The largest absolute Gasteiger partial charge is 0.474 e. The van der Waals surface area contributed by atoms with Crippen molar-refractivity contribution in [1.82, 2.24) is 4.90 Å². The van der Waals surface area contributed by atoms with Crippen LogP contribution in [0.4, 0.5) is 10.1 Å². The summed E-state index contributed by atoms with van der Waals surface area (Å²) in [5.41, 5.74) is -0.373. The molecule has 7 heteroatoms. The highest BCUT2D eigenvalue weighted by atomic mass is 19.1. The number of amides is 1. The van der Waals surface area contributed by atoms with Gasteiger partial charge in [-0.05, 0) is 40.7 Å². The Balaban J connectivity index is 3.01. The molecule has 0 saturated carbocycles. The Kier molecular flexibility index (Phi) is 5.84. The highest BCUT2D eigenvalue weighted by Crippen LogP contribution is 2.28. The minimum atomic E-state index is -0.953. The van der Waals surface area contributed by atoms with Crippen molar-refractivity contribution in [3.8, 4) is 5.75 Å². The van der Waals surface area contributed by atoms with Crippen LogP contribution in [0.5, 0.6) is 5.75 Å². The van der Waals surface area contributed by atoms with Gasteiger partial charge in [0.05, 0.1) is 4.92 Å². The maximum atomic E-state index is 13.3. The zero-order valence-corrected chi connectivity index (χ0v) is 13.4. The van der Waals surface area contributed by atoms with Crippen LogP contribution >= 0.6 is 0 Å². The number of rotatable bonds is 6. The first-order valence-electron chi connectivity index (χ1n) is 7.08. The van der Waals surface area contributed by atoms with Crippen molar-refractivity contribution in [1.29, 1.82) is 0 Å². The third kappa shape index (κ3) is 4.16. The number of hydrogen-bond donors (Lipinski definition) is 0. The van der Waals surface area contributed by atoms with Gasteiger partial charge in [-0.1, -0.05) is 0 Å². The van der Waals surface area contributed by atoms with E-state index in [9.17, 15) is 19.3 Å². The fraction of sp³-hybridized carbons (Fsp3) is 0.533. The molecule has 1 amide bonds. The van der Waals surface area contributed by atoms with Crippen LogP contribution in [0, 0.1) is 15.9 Å². The van der Waals surface area contributed by atoms with Gasteiger partial charge in [-0.15, -0.1) is 0 Å². The summed E-state index contributed by atoms with van der Waals surface area (Å²) in [6, 6.07) is 2.83. The minimum absolute atomic E-state index is 0.0407. The lowest BCUT2D eigenvalue weighted by atomic mass is 10.2. The van der Waals surface area contributed by atoms with E-state index >= 15 is 0 Å². The van der Waals surface area contributed by atoms with Crippen LogP contribution in [0.3, 0.4) is 0 Å². The molecule has 0 aliphatic carbocycles. The lowest BCUT2D eigenvalue weighted by Gasteiger charge is -2.32. The average Bonchev–Trinajstić information content (AvgIpc) is 2.37. The third-order valence-electron chi connectivity index (χ3n) is 3.14. The Morgan fingerprint density at radius 1 is 1.23 bits per heavy atom. The maximum absolute atomic E-state index is 13.3. The molecule has 6 nitrogen and oxygen atoms in total. The van der Waals surface area contributed by atoms with Crippen LogP contribution in [0.1, 0.15) is 34.6 Å². The summed E-state index contributed by atoms with van der Waals surface area (Å²) in [4.78, 5) is 24.3. The lowest BCUT2D eigenvalue weighted by molar-refractivity contribution is -0.386. The van der Waals surface area contributed by atoms with Gasteiger partial charge >= 0.3 is 5.69 Å². The predicted molar refractivity (Wildman–Crippen MR) is 80.3 cm³/mol. The first kappa shape index (κ1) is 17.9. The summed E-state index contributed by atoms with van der Waals surface area (Å²) in [5, 5.41) is 10.9. The Labute approximate surface area is 129 Å². The first-order chi connectivity index (χ1) is 10.1. The van der Waals surface area contributed by atoms with Gasteiger partial charge in [0.1, 0.15) is 5.82 Å². The number of carbonyl (C=O) groups excluding carboxylic acids is 1. The van der Waals surface area contributed by atoms with Gasteiger partial charge in [-0.2, -0.15) is 0 Å². The van der Waals surface area contributed by atoms with Crippen molar-refractivity contribution in [2.75, 3.05) is 0 Å². The fourth-order valence-corrected chi connectivity index (χ4v) is 2.29. The van der Waals surface area contributed by atoms with Gasteiger partial charge in [0.25, 0.3) is 5.91 Å². The molecule has 1 aromatic carbocycles. The summed E-state index contributed by atoms with van der Waals surface area (Å²) in [6.07, 6.45) is -0.953. The Morgan fingerprint density at radius 2 is 1.77 bits per heavy atom. The number of halogens is 1. The molecule has 0 radical (unpaired) electrons. The van der Waals surface area contributed by atoms with Crippen molar-refractivity contribution in [3.63, 3.8) is 0 Å². The van der Waals surface area contributed by atoms with E-state index in [2.05, 4.69) is 0 Å². The number of benzene rings is 1. The molecule has 0 spiro atoms. The molecule has 0 fully saturated rings. The molecular weight excluding hydrogens is 291 g/mol. The van der Waals surface area contributed by atoms with Crippen molar-refractivity contribution in [2.24, 2.45) is 0 Å². The number of nitrogens with zero attached hydrogens (tertiary/aromatic N) is 2. The number of nitro groups is 1. The van der Waals surface area contributed by atoms with Crippen LogP contribution < -0.4 is 4.74 Å². The van der Waals surface area contributed by atoms with Gasteiger partial charge in [-0.3, -0.25) is 14.9 Å². The van der Waals surface area contributed by atoms with Crippen LogP contribution in [-0.4, -0.2) is 33.9 Å². The second-order valence-corrected chi connectivity index (χ2v) is 5.56. The zero-order valence-electron chi connectivity index (χ0n) is 13.4. The van der Waals surface area contributed by atoms with Crippen molar-refractivity contribution in [2.45, 2.75) is 52.8 Å².